The highest BCUT2D eigenvalue weighted by Crippen LogP contribution is 2.58. The lowest BCUT2D eigenvalue weighted by Gasteiger charge is -2.36. The van der Waals surface area contributed by atoms with Gasteiger partial charge in [-0.05, 0) is 86.6 Å². The van der Waals surface area contributed by atoms with Crippen molar-refractivity contribution in [2.24, 2.45) is 17.8 Å². The van der Waals surface area contributed by atoms with Crippen molar-refractivity contribution in [3.63, 3.8) is 0 Å². The van der Waals surface area contributed by atoms with Gasteiger partial charge in [0.1, 0.15) is 19.0 Å². The second-order valence-corrected chi connectivity index (χ2v) is 14.5. The fourth-order valence-electron chi connectivity index (χ4n) is 5.68. The minimum Gasteiger partial charge on any atom is -0.743 e. The molecule has 2 saturated carbocycles. The van der Waals surface area contributed by atoms with Crippen molar-refractivity contribution >= 4 is 27.0 Å². The van der Waals surface area contributed by atoms with Crippen molar-refractivity contribution in [3.8, 4) is 5.75 Å². The third-order valence-corrected chi connectivity index (χ3v) is 11.0. The fraction of sp³-hybridized carbons (Fsp3) is 0.364. The Morgan fingerprint density at radius 3 is 1.84 bits per heavy atom. The van der Waals surface area contributed by atoms with Gasteiger partial charge in [-0.2, -0.15) is 17.6 Å². The number of alkyl halides is 4. The number of esters is 1. The van der Waals surface area contributed by atoms with E-state index in [2.05, 4.69) is 67.2 Å². The van der Waals surface area contributed by atoms with E-state index in [1.165, 1.54) is 14.7 Å². The Hall–Kier alpha value is -3.35. The quantitative estimate of drug-likeness (QED) is 0.0527. The van der Waals surface area contributed by atoms with Gasteiger partial charge < -0.3 is 14.0 Å². The molecule has 3 atom stereocenters. The summed E-state index contributed by atoms with van der Waals surface area (Å²) in [4.78, 5) is 15.1. The van der Waals surface area contributed by atoms with Crippen LogP contribution < -0.4 is 4.74 Å². The Labute approximate surface area is 263 Å². The van der Waals surface area contributed by atoms with Crippen LogP contribution in [0.5, 0.6) is 5.75 Å². The minimum atomic E-state index is -6.35. The van der Waals surface area contributed by atoms with E-state index in [9.17, 15) is 35.3 Å². The molecule has 0 radical (unpaired) electrons. The van der Waals surface area contributed by atoms with E-state index in [-0.39, 0.29) is 29.8 Å². The molecule has 45 heavy (non-hydrogen) atoms. The number of halogens is 4. The van der Waals surface area contributed by atoms with Gasteiger partial charge in [-0.3, -0.25) is 0 Å². The van der Waals surface area contributed by atoms with Crippen LogP contribution in [0, 0.1) is 17.8 Å². The van der Waals surface area contributed by atoms with Crippen LogP contribution in [-0.4, -0.2) is 43.3 Å². The first-order valence-corrected chi connectivity index (χ1v) is 17.0. The van der Waals surface area contributed by atoms with Gasteiger partial charge in [0.25, 0.3) is 0 Å². The van der Waals surface area contributed by atoms with Crippen molar-refractivity contribution in [1.29, 1.82) is 0 Å². The van der Waals surface area contributed by atoms with E-state index in [4.69, 9.17) is 9.47 Å². The van der Waals surface area contributed by atoms with Gasteiger partial charge in [0, 0.05) is 11.5 Å². The van der Waals surface area contributed by atoms with E-state index < -0.39 is 39.1 Å². The molecule has 2 fully saturated rings. The zero-order valence-electron chi connectivity index (χ0n) is 24.5. The Morgan fingerprint density at radius 1 is 0.867 bits per heavy atom. The van der Waals surface area contributed by atoms with Crippen molar-refractivity contribution < 1.29 is 44.8 Å². The lowest BCUT2D eigenvalue weighted by Crippen LogP contribution is -2.52. The first kappa shape index (κ1) is 34.5. The average molecular weight is 667 g/mol. The number of carbonyl (C=O) groups is 1. The molecule has 0 spiro atoms. The highest BCUT2D eigenvalue weighted by molar-refractivity contribution is 7.97. The molecule has 0 aromatic heterocycles. The molecule has 2 aliphatic carbocycles. The molecule has 0 amide bonds. The Bertz CT molecular complexity index is 1510. The monoisotopic (exact) mass is 666 g/mol. The third kappa shape index (κ3) is 8.09. The first-order valence-electron chi connectivity index (χ1n) is 14.3. The molecule has 3 aromatic rings. The molecule has 0 saturated heterocycles. The highest BCUT2D eigenvalue weighted by atomic mass is 32.2. The average Bonchev–Trinajstić information content (AvgIpc) is 3.66. The molecule has 5 rings (SSSR count). The van der Waals surface area contributed by atoms with Crippen molar-refractivity contribution in [2.75, 3.05) is 13.2 Å². The molecule has 3 aromatic carbocycles. The summed E-state index contributed by atoms with van der Waals surface area (Å²) in [5.41, 5.74) is 0.387. The predicted molar refractivity (Wildman–Crippen MR) is 161 cm³/mol. The molecular weight excluding hydrogens is 632 g/mol. The smallest absolute Gasteiger partial charge is 0.396 e. The predicted octanol–water partition coefficient (Wildman–Crippen LogP) is 7.48. The van der Waals surface area contributed by atoms with Crippen molar-refractivity contribution in [3.05, 3.63) is 97.1 Å². The summed E-state index contributed by atoms with van der Waals surface area (Å²) < 4.78 is 94.7. The van der Waals surface area contributed by atoms with E-state index in [0.717, 1.165) is 5.75 Å². The summed E-state index contributed by atoms with van der Waals surface area (Å²) in [5, 5.41) is -5.52. The third-order valence-electron chi connectivity index (χ3n) is 7.86. The van der Waals surface area contributed by atoms with Crippen molar-refractivity contribution in [2.45, 2.75) is 58.5 Å². The molecule has 0 N–H and O–H groups in total. The lowest BCUT2D eigenvalue weighted by atomic mass is 9.84. The summed E-state index contributed by atoms with van der Waals surface area (Å²) in [6.45, 7) is 5.68. The molecular formula is C33H34F4O6S2. The van der Waals surface area contributed by atoms with Gasteiger partial charge >= 0.3 is 17.1 Å². The number of rotatable bonds is 11. The van der Waals surface area contributed by atoms with E-state index in [0.29, 0.717) is 31.4 Å². The van der Waals surface area contributed by atoms with Crippen LogP contribution in [0.3, 0.4) is 0 Å². The van der Waals surface area contributed by atoms with Crippen molar-refractivity contribution in [1.82, 2.24) is 0 Å². The SMILES string of the molecule is C=C(C)C(=O)OCCOc1ccc([S+](c2ccccc2)c2ccccc2)cc1.O=S(=O)([O-])C(F)(F)C(F)(F)C1CC2CCC1C2. The Kier molecular flexibility index (Phi) is 11.0. The summed E-state index contributed by atoms with van der Waals surface area (Å²) in [6.07, 6.45) is 1.42. The topological polar surface area (TPSA) is 92.7 Å². The van der Waals surface area contributed by atoms with Crippen LogP contribution in [0.15, 0.2) is 112 Å². The largest absolute Gasteiger partial charge is 0.743 e. The molecule has 6 nitrogen and oxygen atoms in total. The summed E-state index contributed by atoms with van der Waals surface area (Å²) in [7, 11) is -6.52. The van der Waals surface area contributed by atoms with E-state index >= 15 is 0 Å². The van der Waals surface area contributed by atoms with Crippen LogP contribution in [0.1, 0.15) is 32.6 Å². The summed E-state index contributed by atoms with van der Waals surface area (Å²) in [6, 6.07) is 29.1. The van der Waals surface area contributed by atoms with Gasteiger partial charge in [0.2, 0.25) is 0 Å². The number of hydrogen-bond acceptors (Lipinski definition) is 6. The Morgan fingerprint density at radius 2 is 1.40 bits per heavy atom. The maximum atomic E-state index is 13.5. The van der Waals surface area contributed by atoms with E-state index in [1.807, 2.05) is 24.3 Å². The van der Waals surface area contributed by atoms with Gasteiger partial charge in [-0.1, -0.05) is 49.4 Å². The number of ether oxygens (including phenoxy) is 2. The zero-order chi connectivity index (χ0) is 32.8. The normalized spacial score (nSPS) is 19.5. The number of hydrogen-bond donors (Lipinski definition) is 0. The summed E-state index contributed by atoms with van der Waals surface area (Å²) in [5.74, 6) is -6.75. The number of benzene rings is 3. The molecule has 0 aliphatic heterocycles. The minimum absolute atomic E-state index is 0.0407. The van der Waals surface area contributed by atoms with Gasteiger partial charge in [0.15, 0.2) is 24.8 Å². The van der Waals surface area contributed by atoms with Crippen LogP contribution in [0.25, 0.3) is 0 Å². The number of fused-ring (bicyclic) bond motifs is 2. The van der Waals surface area contributed by atoms with Crippen LogP contribution >= 0.6 is 0 Å². The van der Waals surface area contributed by atoms with Crippen LogP contribution in [0.2, 0.25) is 0 Å². The molecule has 2 aliphatic rings. The van der Waals surface area contributed by atoms with Crippen LogP contribution in [-0.2, 0) is 30.5 Å². The molecule has 242 valence electrons. The number of carbonyl (C=O) groups excluding carboxylic acids is 1. The van der Waals surface area contributed by atoms with Gasteiger partial charge in [0.05, 0.1) is 10.9 Å². The maximum absolute atomic E-state index is 13.5. The second kappa shape index (κ2) is 14.4. The van der Waals surface area contributed by atoms with Gasteiger partial charge in [-0.25, -0.2) is 13.2 Å². The molecule has 12 heteroatoms. The van der Waals surface area contributed by atoms with Crippen LogP contribution in [0.4, 0.5) is 17.6 Å². The van der Waals surface area contributed by atoms with Gasteiger partial charge in [-0.15, -0.1) is 0 Å². The summed E-state index contributed by atoms with van der Waals surface area (Å²) >= 11 is 0. The lowest BCUT2D eigenvalue weighted by molar-refractivity contribution is -0.202. The maximum Gasteiger partial charge on any atom is 0.396 e. The molecule has 0 heterocycles. The standard InChI is InChI=1S/C24H23O3S.C9H12F4O3S/c1-19(2)24(25)27-18-17-26-20-13-15-23(16-14-20)28(21-9-5-3-6-10-21)22-11-7-4-8-12-22;10-8(11,9(12,13)17(14,15)16)7-4-5-1-2-6(7)3-5/h3-16H,1,17-18H2,2H3;5-7H,1-4H2,(H,14,15,16)/q+1;/p-1. The molecule has 2 bridgehead atoms. The van der Waals surface area contributed by atoms with E-state index in [1.54, 1.807) is 6.92 Å². The first-order chi connectivity index (χ1) is 21.2. The molecule has 3 unspecified atom stereocenters. The second-order valence-electron chi connectivity index (χ2n) is 11.0. The zero-order valence-corrected chi connectivity index (χ0v) is 26.2. The fourth-order valence-corrected chi connectivity index (χ4v) is 8.25. The highest BCUT2D eigenvalue weighted by Gasteiger charge is 2.68. The Balaban J connectivity index is 0.000000231.